The lowest BCUT2D eigenvalue weighted by Crippen LogP contribution is -2.26. The third-order valence-electron chi connectivity index (χ3n) is 3.99. The molecule has 1 heterocycles. The van der Waals surface area contributed by atoms with E-state index in [4.69, 9.17) is 20.8 Å². The third-order valence-corrected chi connectivity index (χ3v) is 5.72. The molecule has 0 saturated heterocycles. The quantitative estimate of drug-likeness (QED) is 0.542. The van der Waals surface area contributed by atoms with Crippen molar-refractivity contribution in [3.63, 3.8) is 0 Å². The van der Waals surface area contributed by atoms with Gasteiger partial charge in [0, 0.05) is 17.1 Å². The number of aryl methyl sites for hydroxylation is 1. The van der Waals surface area contributed by atoms with Gasteiger partial charge in [-0.25, -0.2) is 18.1 Å². The van der Waals surface area contributed by atoms with Gasteiger partial charge in [-0.1, -0.05) is 29.3 Å². The molecule has 0 bridgehead atoms. The van der Waals surface area contributed by atoms with Gasteiger partial charge in [-0.3, -0.25) is 4.79 Å². The predicted octanol–water partition coefficient (Wildman–Crippen LogP) is 3.72. The predicted molar refractivity (Wildman–Crippen MR) is 108 cm³/mol. The van der Waals surface area contributed by atoms with Gasteiger partial charge in [-0.05, 0) is 43.3 Å². The first-order valence-corrected chi connectivity index (χ1v) is 10.6. The molecule has 3 rings (SSSR count). The summed E-state index contributed by atoms with van der Waals surface area (Å²) in [6.07, 6.45) is 1.41. The molecule has 0 aliphatic carbocycles. The molecule has 0 amide bonds. The minimum atomic E-state index is -3.67. The average molecular weight is 435 g/mol. The highest BCUT2D eigenvalue weighted by Gasteiger charge is 2.15. The van der Waals surface area contributed by atoms with Crippen LogP contribution in [0.5, 0.6) is 0 Å². The molecule has 0 spiro atoms. The van der Waals surface area contributed by atoms with Crippen LogP contribution in [0.3, 0.4) is 0 Å². The van der Waals surface area contributed by atoms with Crippen LogP contribution in [0, 0.1) is 6.92 Å². The van der Waals surface area contributed by atoms with Gasteiger partial charge in [0.05, 0.1) is 17.5 Å². The van der Waals surface area contributed by atoms with Gasteiger partial charge in [0.15, 0.2) is 12.4 Å². The number of nitrogens with one attached hydrogen (secondary N) is 1. The van der Waals surface area contributed by atoms with E-state index in [-0.39, 0.29) is 30.4 Å². The zero-order valence-corrected chi connectivity index (χ0v) is 17.2. The molecular weight excluding hydrogens is 416 g/mol. The highest BCUT2D eigenvalue weighted by molar-refractivity contribution is 7.89. The maximum Gasteiger partial charge on any atom is 0.307 e. The summed E-state index contributed by atoms with van der Waals surface area (Å²) in [7, 11) is -3.67. The summed E-state index contributed by atoms with van der Waals surface area (Å²) in [5.41, 5.74) is 1.75. The number of hydrogen-bond donors (Lipinski definition) is 1. The maximum atomic E-state index is 12.2. The van der Waals surface area contributed by atoms with E-state index in [2.05, 4.69) is 9.71 Å². The minimum Gasteiger partial charge on any atom is -0.456 e. The fourth-order valence-corrected chi connectivity index (χ4v) is 3.59. The third kappa shape index (κ3) is 5.90. The van der Waals surface area contributed by atoms with Gasteiger partial charge in [-0.2, -0.15) is 0 Å². The molecule has 0 atom stereocenters. The van der Waals surface area contributed by atoms with Crippen LogP contribution in [0.4, 0.5) is 0 Å². The van der Waals surface area contributed by atoms with E-state index >= 15 is 0 Å². The SMILES string of the molecule is Cc1ccc(S(=O)(=O)NCCC(=O)OCc2ncc(-c3ccc(Cl)cc3)o2)cc1. The van der Waals surface area contributed by atoms with Crippen LogP contribution in [0.2, 0.25) is 5.02 Å². The zero-order chi connectivity index (χ0) is 20.9. The molecule has 0 saturated carbocycles. The number of carbonyl (C=O) groups is 1. The number of hydrogen-bond acceptors (Lipinski definition) is 6. The Hall–Kier alpha value is -2.68. The number of esters is 1. The summed E-state index contributed by atoms with van der Waals surface area (Å²) in [5.74, 6) is 0.199. The number of carbonyl (C=O) groups excluding carboxylic acids is 1. The van der Waals surface area contributed by atoms with E-state index in [1.165, 1.54) is 18.3 Å². The van der Waals surface area contributed by atoms with Crippen LogP contribution in [0.15, 0.2) is 64.0 Å². The lowest BCUT2D eigenvalue weighted by molar-refractivity contribution is -0.145. The van der Waals surface area contributed by atoms with Crippen molar-refractivity contribution in [1.82, 2.24) is 9.71 Å². The van der Waals surface area contributed by atoms with Crippen molar-refractivity contribution in [3.8, 4) is 11.3 Å². The second kappa shape index (κ2) is 9.21. The summed E-state index contributed by atoms with van der Waals surface area (Å²) in [6, 6.07) is 13.5. The largest absolute Gasteiger partial charge is 0.456 e. The Labute approximate surface area is 173 Å². The van der Waals surface area contributed by atoms with E-state index < -0.39 is 16.0 Å². The first kappa shape index (κ1) is 21.0. The molecule has 7 nitrogen and oxygen atoms in total. The van der Waals surface area contributed by atoms with Crippen molar-refractivity contribution in [2.24, 2.45) is 0 Å². The Kier molecular flexibility index (Phi) is 6.68. The number of aromatic nitrogens is 1. The molecule has 2 aromatic carbocycles. The van der Waals surface area contributed by atoms with Crippen LogP contribution >= 0.6 is 11.6 Å². The maximum absolute atomic E-state index is 12.2. The molecule has 1 N–H and O–H groups in total. The summed E-state index contributed by atoms with van der Waals surface area (Å²) in [5, 5.41) is 0.612. The molecular formula is C20H19ClN2O5S. The molecule has 0 fully saturated rings. The number of nitrogens with zero attached hydrogens (tertiary/aromatic N) is 1. The lowest BCUT2D eigenvalue weighted by Gasteiger charge is -2.07. The number of halogens is 1. The first-order chi connectivity index (χ1) is 13.8. The first-order valence-electron chi connectivity index (χ1n) is 8.76. The van der Waals surface area contributed by atoms with E-state index in [1.54, 1.807) is 36.4 Å². The highest BCUT2D eigenvalue weighted by atomic mass is 35.5. The fourth-order valence-electron chi connectivity index (χ4n) is 2.43. The Morgan fingerprint density at radius 1 is 1.14 bits per heavy atom. The number of ether oxygens (including phenoxy) is 1. The van der Waals surface area contributed by atoms with Gasteiger partial charge in [0.25, 0.3) is 0 Å². The van der Waals surface area contributed by atoms with Gasteiger partial charge >= 0.3 is 5.97 Å². The molecule has 29 heavy (non-hydrogen) atoms. The number of oxazole rings is 1. The Morgan fingerprint density at radius 2 is 1.83 bits per heavy atom. The minimum absolute atomic E-state index is 0.0728. The van der Waals surface area contributed by atoms with E-state index in [0.29, 0.717) is 10.8 Å². The van der Waals surface area contributed by atoms with Crippen LogP contribution < -0.4 is 4.72 Å². The molecule has 0 unspecified atom stereocenters. The Balaban J connectivity index is 1.45. The summed E-state index contributed by atoms with van der Waals surface area (Å²) in [6.45, 7) is 1.65. The molecule has 0 aliphatic rings. The molecule has 1 aromatic heterocycles. The standard InChI is InChI=1S/C20H19ClN2O5S/c1-14-2-8-17(9-3-14)29(25,26)23-11-10-20(24)27-13-19-22-12-18(28-19)15-4-6-16(21)7-5-15/h2-9,12,23H,10-11,13H2,1H3. The summed E-state index contributed by atoms with van der Waals surface area (Å²) >= 11 is 5.85. The monoisotopic (exact) mass is 434 g/mol. The molecule has 0 radical (unpaired) electrons. The molecule has 152 valence electrons. The van der Waals surface area contributed by atoms with Crippen LogP contribution in [0.1, 0.15) is 17.9 Å². The summed E-state index contributed by atoms with van der Waals surface area (Å²) < 4.78 is 37.3. The number of rotatable bonds is 8. The van der Waals surface area contributed by atoms with Crippen LogP contribution in [0.25, 0.3) is 11.3 Å². The van der Waals surface area contributed by atoms with Gasteiger partial charge in [0.2, 0.25) is 15.9 Å². The van der Waals surface area contributed by atoms with Crippen molar-refractivity contribution >= 4 is 27.6 Å². The van der Waals surface area contributed by atoms with E-state index in [9.17, 15) is 13.2 Å². The van der Waals surface area contributed by atoms with Crippen LogP contribution in [-0.4, -0.2) is 25.9 Å². The second-order valence-corrected chi connectivity index (χ2v) is 8.45. The molecule has 3 aromatic rings. The normalized spacial score (nSPS) is 11.4. The number of benzene rings is 2. The average Bonchev–Trinajstić information content (AvgIpc) is 3.16. The van der Waals surface area contributed by atoms with Crippen molar-refractivity contribution in [2.45, 2.75) is 24.8 Å². The lowest BCUT2D eigenvalue weighted by atomic mass is 10.2. The molecule has 9 heteroatoms. The smallest absolute Gasteiger partial charge is 0.307 e. The van der Waals surface area contributed by atoms with E-state index in [1.807, 2.05) is 6.92 Å². The van der Waals surface area contributed by atoms with Crippen molar-refractivity contribution in [2.75, 3.05) is 6.54 Å². The Morgan fingerprint density at radius 3 is 2.52 bits per heavy atom. The highest BCUT2D eigenvalue weighted by Crippen LogP contribution is 2.22. The van der Waals surface area contributed by atoms with Gasteiger partial charge in [-0.15, -0.1) is 0 Å². The van der Waals surface area contributed by atoms with Crippen molar-refractivity contribution < 1.29 is 22.4 Å². The fraction of sp³-hybridized carbons (Fsp3) is 0.200. The Bertz CT molecular complexity index is 1080. The van der Waals surface area contributed by atoms with Gasteiger partial charge in [0.1, 0.15) is 0 Å². The summed E-state index contributed by atoms with van der Waals surface area (Å²) in [4.78, 5) is 16.1. The topological polar surface area (TPSA) is 98.5 Å². The second-order valence-electron chi connectivity index (χ2n) is 6.25. The van der Waals surface area contributed by atoms with Crippen molar-refractivity contribution in [1.29, 1.82) is 0 Å². The van der Waals surface area contributed by atoms with Crippen LogP contribution in [-0.2, 0) is 26.2 Å². The van der Waals surface area contributed by atoms with Gasteiger partial charge < -0.3 is 9.15 Å². The zero-order valence-electron chi connectivity index (χ0n) is 15.6. The number of sulfonamides is 1. The van der Waals surface area contributed by atoms with E-state index in [0.717, 1.165) is 11.1 Å². The molecule has 0 aliphatic heterocycles. The van der Waals surface area contributed by atoms with Crippen molar-refractivity contribution in [3.05, 3.63) is 71.2 Å².